The Hall–Kier alpha value is -6.21. The van der Waals surface area contributed by atoms with Crippen LogP contribution in [0.1, 0.15) is 42.2 Å². The van der Waals surface area contributed by atoms with Crippen molar-refractivity contribution in [3.05, 3.63) is 135 Å². The van der Waals surface area contributed by atoms with E-state index in [0.717, 1.165) is 23.9 Å². The molecule has 1 aliphatic rings. The maximum absolute atomic E-state index is 14.5. The van der Waals surface area contributed by atoms with E-state index in [2.05, 4.69) is 20.0 Å². The van der Waals surface area contributed by atoms with Crippen molar-refractivity contribution >= 4 is 96.7 Å². The van der Waals surface area contributed by atoms with Gasteiger partial charge in [-0.05, 0) is 54.1 Å². The number of anilines is 3. The number of aromatic carboxylic acids is 1. The standard InChI is InChI=1S/C39H27N3O15S4/c1-42-27-14-13-24(33-34(27)32(21-9-2-3-10-22(21)37(33)45)35(38(42)46)36(44)19-7-6-8-20(15-19)55-60(50)51)40-25-16-26(30(61(52,53)54)17-29(25)59-57-56-49)41-31(43)18-58-28-12-5-4-11-23(28)39(47)48/h2-17,40,49H,18H2,1H3,(H,41,43)(H,47,48)(H,50,51)(H,52,53,54). The van der Waals surface area contributed by atoms with E-state index in [1.165, 1.54) is 72.3 Å². The van der Waals surface area contributed by atoms with Gasteiger partial charge in [-0.2, -0.15) is 12.6 Å². The Labute approximate surface area is 354 Å². The maximum atomic E-state index is 14.5. The van der Waals surface area contributed by atoms with Gasteiger partial charge < -0.3 is 24.5 Å². The van der Waals surface area contributed by atoms with Gasteiger partial charge in [0.1, 0.15) is 10.6 Å². The van der Waals surface area contributed by atoms with Gasteiger partial charge in [-0.3, -0.25) is 28.3 Å². The molecule has 0 saturated heterocycles. The van der Waals surface area contributed by atoms with Crippen molar-refractivity contribution in [1.29, 1.82) is 0 Å². The van der Waals surface area contributed by atoms with Crippen molar-refractivity contribution in [2.24, 2.45) is 7.05 Å². The highest BCUT2D eigenvalue weighted by atomic mass is 32.2. The van der Waals surface area contributed by atoms with Crippen molar-refractivity contribution in [3.8, 4) is 16.9 Å². The van der Waals surface area contributed by atoms with E-state index in [-0.39, 0.29) is 88.8 Å². The molecule has 0 fully saturated rings. The SMILES string of the molecule is Cn1c(=O)c(C(=O)c2cccc(OS(=O)O)c2)c2c3c(c(Nc4cc(NC(=O)CSc5ccccc5C(=O)O)c(S(=O)(=O)O)cc4SOOO)ccc31)C(=O)c1ccccc1-2. The number of amides is 1. The molecule has 1 aliphatic carbocycles. The zero-order valence-electron chi connectivity index (χ0n) is 30.8. The van der Waals surface area contributed by atoms with Crippen LogP contribution in [0, 0.1) is 0 Å². The summed E-state index contributed by atoms with van der Waals surface area (Å²) in [4.78, 5) is 67.2. The second-order valence-corrected chi connectivity index (χ2v) is 16.6. The molecule has 312 valence electrons. The number of aromatic nitrogens is 1. The summed E-state index contributed by atoms with van der Waals surface area (Å²) in [5.74, 6) is -3.94. The Morgan fingerprint density at radius 2 is 1.57 bits per heavy atom. The molecule has 5 aromatic carbocycles. The lowest BCUT2D eigenvalue weighted by Gasteiger charge is -2.26. The first-order chi connectivity index (χ1) is 29.1. The third-order valence-electron chi connectivity index (χ3n) is 9.26. The summed E-state index contributed by atoms with van der Waals surface area (Å²) in [7, 11) is -3.69. The van der Waals surface area contributed by atoms with E-state index in [4.69, 9.17) is 9.44 Å². The summed E-state index contributed by atoms with van der Waals surface area (Å²) in [5, 5.41) is 27.8. The normalized spacial score (nSPS) is 12.4. The molecule has 7 rings (SSSR count). The number of ketones is 2. The molecule has 1 unspecified atom stereocenters. The average Bonchev–Trinajstić information content (AvgIpc) is 3.22. The summed E-state index contributed by atoms with van der Waals surface area (Å²) in [6, 6.07) is 22.3. The fourth-order valence-corrected chi connectivity index (χ4v) is 9.05. The number of rotatable bonds is 15. The number of benzene rings is 5. The van der Waals surface area contributed by atoms with Gasteiger partial charge in [0.2, 0.25) is 5.91 Å². The molecule has 0 saturated carbocycles. The number of nitrogens with zero attached hydrogens (tertiary/aromatic N) is 1. The summed E-state index contributed by atoms with van der Waals surface area (Å²) in [6.45, 7) is 0. The third kappa shape index (κ3) is 8.56. The molecule has 1 heterocycles. The van der Waals surface area contributed by atoms with Crippen LogP contribution in [0.2, 0.25) is 0 Å². The molecule has 6 N–H and O–H groups in total. The number of carboxylic acid groups (broad SMARTS) is 1. The van der Waals surface area contributed by atoms with Crippen LogP contribution in [0.25, 0.3) is 22.0 Å². The fraction of sp³-hybridized carbons (Fsp3) is 0.0513. The smallest absolute Gasteiger partial charge is 0.357 e. The van der Waals surface area contributed by atoms with Gasteiger partial charge in [-0.1, -0.05) is 53.6 Å². The number of thioether (sulfide) groups is 1. The van der Waals surface area contributed by atoms with Gasteiger partial charge in [-0.25, -0.2) is 10.1 Å². The number of carbonyl (C=O) groups is 4. The largest absolute Gasteiger partial charge is 0.478 e. The lowest BCUT2D eigenvalue weighted by atomic mass is 9.80. The highest BCUT2D eigenvalue weighted by Gasteiger charge is 2.34. The second-order valence-electron chi connectivity index (χ2n) is 12.8. The molecular formula is C39H27N3O15S4. The Kier molecular flexibility index (Phi) is 12.2. The van der Waals surface area contributed by atoms with E-state index in [9.17, 15) is 50.8 Å². The molecular weight excluding hydrogens is 879 g/mol. The third-order valence-corrected chi connectivity index (χ3v) is 12.2. The highest BCUT2D eigenvalue weighted by molar-refractivity contribution is 8.00. The number of hydrogen-bond acceptors (Lipinski definition) is 15. The maximum Gasteiger partial charge on any atom is 0.357 e. The quantitative estimate of drug-likeness (QED) is 0.0124. The van der Waals surface area contributed by atoms with Gasteiger partial charge >= 0.3 is 17.3 Å². The molecule has 18 nitrogen and oxygen atoms in total. The van der Waals surface area contributed by atoms with Crippen molar-refractivity contribution in [2.75, 3.05) is 16.4 Å². The van der Waals surface area contributed by atoms with Crippen LogP contribution in [0.15, 0.2) is 117 Å². The van der Waals surface area contributed by atoms with Crippen molar-refractivity contribution < 1.29 is 64.8 Å². The Bertz CT molecular complexity index is 3040. The molecule has 22 heteroatoms. The first kappa shape index (κ1) is 42.9. The van der Waals surface area contributed by atoms with E-state index in [1.54, 1.807) is 24.3 Å². The van der Waals surface area contributed by atoms with Crippen LogP contribution in [0.5, 0.6) is 5.75 Å². The van der Waals surface area contributed by atoms with Gasteiger partial charge in [0, 0.05) is 34.0 Å². The minimum Gasteiger partial charge on any atom is -0.478 e. The number of nitrogens with one attached hydrogen (secondary N) is 2. The predicted octanol–water partition coefficient (Wildman–Crippen LogP) is 6.34. The van der Waals surface area contributed by atoms with Crippen molar-refractivity contribution in [3.63, 3.8) is 0 Å². The Balaban J connectivity index is 1.38. The van der Waals surface area contributed by atoms with Gasteiger partial charge in [0.25, 0.3) is 15.7 Å². The molecule has 1 atom stereocenters. The second kappa shape index (κ2) is 17.4. The molecule has 1 aromatic heterocycles. The number of aryl methyl sites for hydroxylation is 1. The van der Waals surface area contributed by atoms with Gasteiger partial charge in [-0.15, -0.1) is 16.1 Å². The van der Waals surface area contributed by atoms with Crippen LogP contribution in [0.4, 0.5) is 17.1 Å². The zero-order chi connectivity index (χ0) is 43.7. The number of carboxylic acids is 1. The minimum absolute atomic E-state index is 0.0376. The fourth-order valence-electron chi connectivity index (χ4n) is 6.74. The molecule has 0 bridgehead atoms. The predicted molar refractivity (Wildman–Crippen MR) is 222 cm³/mol. The Morgan fingerprint density at radius 3 is 2.28 bits per heavy atom. The average molecular weight is 906 g/mol. The molecule has 61 heavy (non-hydrogen) atoms. The topological polar surface area (TPSA) is 274 Å². The number of carbonyl (C=O) groups excluding carboxylic acids is 3. The molecule has 6 aromatic rings. The van der Waals surface area contributed by atoms with Crippen LogP contribution in [-0.2, 0) is 42.7 Å². The molecule has 1 amide bonds. The summed E-state index contributed by atoms with van der Waals surface area (Å²) >= 11 is -1.60. The lowest BCUT2D eigenvalue weighted by Crippen LogP contribution is -2.29. The van der Waals surface area contributed by atoms with E-state index >= 15 is 0 Å². The number of fused-ring (bicyclic) bond motifs is 2. The summed E-state index contributed by atoms with van der Waals surface area (Å²) < 4.78 is 66.7. The number of pyridine rings is 1. The van der Waals surface area contributed by atoms with E-state index in [0.29, 0.717) is 0 Å². The minimum atomic E-state index is -5.09. The first-order valence-electron chi connectivity index (χ1n) is 17.2. The Morgan fingerprint density at radius 1 is 0.852 bits per heavy atom. The first-order valence-corrected chi connectivity index (χ1v) is 21.4. The van der Waals surface area contributed by atoms with Crippen LogP contribution >= 0.6 is 23.8 Å². The van der Waals surface area contributed by atoms with Gasteiger partial charge in [0.05, 0.1) is 62.0 Å². The zero-order valence-corrected chi connectivity index (χ0v) is 34.1. The highest BCUT2D eigenvalue weighted by Crippen LogP contribution is 2.45. The molecule has 0 aliphatic heterocycles. The van der Waals surface area contributed by atoms with Crippen LogP contribution in [0.3, 0.4) is 0 Å². The summed E-state index contributed by atoms with van der Waals surface area (Å²) in [5.41, 5.74) is -1.10. The van der Waals surface area contributed by atoms with E-state index in [1.807, 2.05) is 0 Å². The monoisotopic (exact) mass is 905 g/mol. The van der Waals surface area contributed by atoms with Crippen LogP contribution in [-0.4, -0.2) is 65.9 Å². The van der Waals surface area contributed by atoms with Crippen molar-refractivity contribution in [1.82, 2.24) is 4.57 Å². The van der Waals surface area contributed by atoms with Gasteiger partial charge in [0.15, 0.2) is 11.6 Å². The van der Waals surface area contributed by atoms with Crippen LogP contribution < -0.4 is 20.4 Å². The lowest BCUT2D eigenvalue weighted by molar-refractivity contribution is -0.432. The van der Waals surface area contributed by atoms with E-state index < -0.39 is 66.8 Å². The summed E-state index contributed by atoms with van der Waals surface area (Å²) in [6.07, 6.45) is 0. The molecule has 0 spiro atoms. The molecule has 0 radical (unpaired) electrons. The number of hydrogen-bond donors (Lipinski definition) is 6. The van der Waals surface area contributed by atoms with Crippen molar-refractivity contribution in [2.45, 2.75) is 14.7 Å².